The van der Waals surface area contributed by atoms with E-state index < -0.39 is 0 Å². The molecule has 2 atom stereocenters. The Morgan fingerprint density at radius 2 is 2.08 bits per heavy atom. The van der Waals surface area contributed by atoms with Crippen LogP contribution in [-0.2, 0) is 4.74 Å². The van der Waals surface area contributed by atoms with Crippen LogP contribution in [0.25, 0.3) is 0 Å². The van der Waals surface area contributed by atoms with E-state index in [9.17, 15) is 0 Å². The van der Waals surface area contributed by atoms with E-state index in [2.05, 4.69) is 28.6 Å². The van der Waals surface area contributed by atoms with Crippen molar-refractivity contribution in [2.75, 3.05) is 6.61 Å². The van der Waals surface area contributed by atoms with Crippen molar-refractivity contribution in [3.8, 4) is 0 Å². The van der Waals surface area contributed by atoms with Crippen LogP contribution in [-0.4, -0.2) is 20.5 Å². The third kappa shape index (κ3) is 7.12. The van der Waals surface area contributed by atoms with Crippen LogP contribution in [0.4, 0.5) is 0 Å². The van der Waals surface area contributed by atoms with Gasteiger partial charge in [0, 0.05) is 12.6 Å². The minimum absolute atomic E-state index is 0.329. The lowest BCUT2D eigenvalue weighted by Gasteiger charge is -2.17. The molecule has 2 unspecified atom stereocenters. The number of ether oxygens (including phenoxy) is 1. The molecule has 0 N–H and O–H groups in total. The summed E-state index contributed by atoms with van der Waals surface area (Å²) in [6.45, 7) is 9.24. The summed E-state index contributed by atoms with van der Waals surface area (Å²) in [5, 5.41) is 0. The van der Waals surface area contributed by atoms with E-state index in [1.807, 2.05) is 0 Å². The van der Waals surface area contributed by atoms with E-state index in [1.54, 1.807) is 0 Å². The normalized spacial score (nSPS) is 15.6. The zero-order chi connectivity index (χ0) is 10.1. The van der Waals surface area contributed by atoms with E-state index >= 15 is 0 Å². The van der Waals surface area contributed by atoms with Crippen LogP contribution in [0, 0.1) is 12.8 Å². The van der Waals surface area contributed by atoms with Gasteiger partial charge in [0.1, 0.15) is 7.85 Å². The molecule has 0 fully saturated rings. The Hall–Kier alpha value is 0.0249. The second-order valence-electron chi connectivity index (χ2n) is 3.85. The van der Waals surface area contributed by atoms with Crippen LogP contribution in [0.3, 0.4) is 0 Å². The van der Waals surface area contributed by atoms with Gasteiger partial charge in [0.2, 0.25) is 0 Å². The fourth-order valence-corrected chi connectivity index (χ4v) is 1.28. The van der Waals surface area contributed by atoms with Gasteiger partial charge in [-0.15, -0.1) is 0 Å². The first kappa shape index (κ1) is 13.0. The van der Waals surface area contributed by atoms with Gasteiger partial charge in [0.25, 0.3) is 0 Å². The molecule has 13 heavy (non-hydrogen) atoms. The molecule has 0 aromatic rings. The quantitative estimate of drug-likeness (QED) is 0.525. The number of hydrogen-bond acceptors (Lipinski definition) is 1. The van der Waals surface area contributed by atoms with E-state index in [-0.39, 0.29) is 0 Å². The average Bonchev–Trinajstić information content (AvgIpc) is 2.17. The van der Waals surface area contributed by atoms with Gasteiger partial charge >= 0.3 is 0 Å². The molecular formula is C11H24BO. The Labute approximate surface area is 84.7 Å². The Morgan fingerprint density at radius 3 is 2.54 bits per heavy atom. The van der Waals surface area contributed by atoms with Crippen molar-refractivity contribution in [1.82, 2.24) is 0 Å². The van der Waals surface area contributed by atoms with Crippen LogP contribution < -0.4 is 0 Å². The largest absolute Gasteiger partial charge is 0.387 e. The summed E-state index contributed by atoms with van der Waals surface area (Å²) in [5.74, 6) is 0.758. The topological polar surface area (TPSA) is 9.23 Å². The molecule has 0 bridgehead atoms. The van der Waals surface area contributed by atoms with Crippen LogP contribution in [0.2, 0.25) is 0 Å². The maximum absolute atomic E-state index is 5.68. The van der Waals surface area contributed by atoms with Crippen LogP contribution in [0.1, 0.15) is 46.0 Å². The molecule has 0 amide bonds. The molecule has 77 valence electrons. The van der Waals surface area contributed by atoms with Gasteiger partial charge in [0.15, 0.2) is 0 Å². The molecule has 0 aromatic heterocycles. The maximum atomic E-state index is 5.68. The molecule has 0 heterocycles. The second kappa shape index (κ2) is 8.62. The van der Waals surface area contributed by atoms with Gasteiger partial charge in [-0.25, -0.2) is 0 Å². The molecule has 0 rings (SSSR count). The van der Waals surface area contributed by atoms with Gasteiger partial charge < -0.3 is 4.74 Å². The Morgan fingerprint density at radius 1 is 1.38 bits per heavy atom. The van der Waals surface area contributed by atoms with Gasteiger partial charge in [-0.3, -0.25) is 0 Å². The molecule has 0 aromatic carbocycles. The number of rotatable bonds is 8. The van der Waals surface area contributed by atoms with Crippen LogP contribution in [0.5, 0.6) is 0 Å². The first-order valence-electron chi connectivity index (χ1n) is 5.65. The fraction of sp³-hybridized carbons (Fsp3) is 0.909. The minimum atomic E-state index is 0.329. The standard InChI is InChI=1S/C11H24BO/c1-4-7-8-10(5-2)9-13-11(12)6-3/h10-11H,3-9,12H2,1-2H3. The zero-order valence-electron chi connectivity index (χ0n) is 9.51. The highest BCUT2D eigenvalue weighted by molar-refractivity contribution is 6.11. The van der Waals surface area contributed by atoms with Crippen molar-refractivity contribution in [2.24, 2.45) is 5.92 Å². The van der Waals surface area contributed by atoms with Crippen molar-refractivity contribution in [1.29, 1.82) is 0 Å². The van der Waals surface area contributed by atoms with Crippen LogP contribution in [0.15, 0.2) is 0 Å². The third-order valence-corrected chi connectivity index (χ3v) is 2.57. The maximum Gasteiger partial charge on any atom is 0.139 e. The van der Waals surface area contributed by atoms with E-state index in [0.717, 1.165) is 18.9 Å². The summed E-state index contributed by atoms with van der Waals surface area (Å²) in [4.78, 5) is 0. The first-order chi connectivity index (χ1) is 6.24. The third-order valence-electron chi connectivity index (χ3n) is 2.57. The van der Waals surface area contributed by atoms with Gasteiger partial charge in [-0.2, -0.15) is 0 Å². The molecular weight excluding hydrogens is 159 g/mol. The van der Waals surface area contributed by atoms with Crippen molar-refractivity contribution >= 4 is 7.85 Å². The monoisotopic (exact) mass is 183 g/mol. The molecule has 0 saturated carbocycles. The summed E-state index contributed by atoms with van der Waals surface area (Å²) in [5.41, 5.74) is 0. The van der Waals surface area contributed by atoms with Gasteiger partial charge in [-0.1, -0.05) is 40.0 Å². The van der Waals surface area contributed by atoms with E-state index in [1.165, 1.54) is 25.7 Å². The smallest absolute Gasteiger partial charge is 0.139 e. The molecule has 2 heteroatoms. The predicted octanol–water partition coefficient (Wildman–Crippen LogP) is 2.40. The van der Waals surface area contributed by atoms with Crippen molar-refractivity contribution in [2.45, 2.75) is 52.0 Å². The summed E-state index contributed by atoms with van der Waals surface area (Å²) in [6.07, 6.45) is 6.06. The van der Waals surface area contributed by atoms with Crippen molar-refractivity contribution in [3.05, 3.63) is 6.92 Å². The highest BCUT2D eigenvalue weighted by Crippen LogP contribution is 2.13. The van der Waals surface area contributed by atoms with Crippen molar-refractivity contribution in [3.63, 3.8) is 0 Å². The highest BCUT2D eigenvalue weighted by Gasteiger charge is 2.07. The first-order valence-corrected chi connectivity index (χ1v) is 5.65. The molecule has 0 saturated heterocycles. The van der Waals surface area contributed by atoms with Crippen molar-refractivity contribution < 1.29 is 4.74 Å². The van der Waals surface area contributed by atoms with Crippen LogP contribution >= 0.6 is 0 Å². The Bertz CT molecular complexity index is 106. The van der Waals surface area contributed by atoms with Gasteiger partial charge in [-0.05, 0) is 18.8 Å². The Balaban J connectivity index is 3.46. The fourth-order valence-electron chi connectivity index (χ4n) is 1.28. The van der Waals surface area contributed by atoms with E-state index in [0.29, 0.717) is 6.00 Å². The molecule has 0 aliphatic rings. The van der Waals surface area contributed by atoms with E-state index in [4.69, 9.17) is 4.74 Å². The minimum Gasteiger partial charge on any atom is -0.387 e. The summed E-state index contributed by atoms with van der Waals surface area (Å²) in [7, 11) is 2.10. The lowest BCUT2D eigenvalue weighted by molar-refractivity contribution is 0.0724. The van der Waals surface area contributed by atoms with Gasteiger partial charge in [0.05, 0.1) is 0 Å². The summed E-state index contributed by atoms with van der Waals surface area (Å²) in [6, 6.07) is 0.329. The molecule has 0 aliphatic heterocycles. The Kier molecular flexibility index (Phi) is 8.63. The zero-order valence-corrected chi connectivity index (χ0v) is 9.51. The molecule has 0 spiro atoms. The summed E-state index contributed by atoms with van der Waals surface area (Å²) < 4.78 is 5.68. The average molecular weight is 183 g/mol. The predicted molar refractivity (Wildman–Crippen MR) is 61.6 cm³/mol. The number of unbranched alkanes of at least 4 members (excludes halogenated alkanes) is 1. The number of hydrogen-bond donors (Lipinski definition) is 0. The second-order valence-corrected chi connectivity index (χ2v) is 3.85. The lowest BCUT2D eigenvalue weighted by Crippen LogP contribution is -2.17. The molecule has 1 radical (unpaired) electrons. The SMILES string of the molecule is BC(C[CH2])OCC(CC)CCCC. The lowest BCUT2D eigenvalue weighted by atomic mass is 9.96. The highest BCUT2D eigenvalue weighted by atomic mass is 16.5. The summed E-state index contributed by atoms with van der Waals surface area (Å²) >= 11 is 0. The molecule has 0 aliphatic carbocycles. The molecule has 1 nitrogen and oxygen atoms in total.